The molecule has 0 aliphatic carbocycles. The molecule has 0 bridgehead atoms. The van der Waals surface area contributed by atoms with Gasteiger partial charge in [0.2, 0.25) is 0 Å². The van der Waals surface area contributed by atoms with Gasteiger partial charge in [-0.3, -0.25) is 4.98 Å². The van der Waals surface area contributed by atoms with Gasteiger partial charge in [0, 0.05) is 12.4 Å². The summed E-state index contributed by atoms with van der Waals surface area (Å²) in [5.74, 6) is 1.45. The summed E-state index contributed by atoms with van der Waals surface area (Å²) in [5.41, 5.74) is 2.69. The quantitative estimate of drug-likeness (QED) is 0.451. The van der Waals surface area contributed by atoms with Crippen molar-refractivity contribution in [3.63, 3.8) is 0 Å². The molecule has 26 heavy (non-hydrogen) atoms. The van der Waals surface area contributed by atoms with E-state index in [2.05, 4.69) is 45.3 Å². The van der Waals surface area contributed by atoms with Gasteiger partial charge in [0.25, 0.3) is 5.69 Å². The normalized spacial score (nSPS) is 11.5. The highest BCUT2D eigenvalue weighted by atomic mass is 15.5. The van der Waals surface area contributed by atoms with Crippen LogP contribution in [0.2, 0.25) is 0 Å². The van der Waals surface area contributed by atoms with Gasteiger partial charge in [-0.05, 0) is 20.8 Å². The van der Waals surface area contributed by atoms with Gasteiger partial charge in [0.1, 0.15) is 5.82 Å². The number of aryl methyl sites for hydroxylation is 3. The topological polar surface area (TPSA) is 119 Å². The number of aromatic amines is 1. The van der Waals surface area contributed by atoms with Gasteiger partial charge in [-0.25, -0.2) is 14.5 Å². The zero-order valence-corrected chi connectivity index (χ0v) is 14.2. The SMILES string of the molecule is [C-]#[N+]c1c(C)nn(-c2cnccn2)c1/N=N/c1c(C)nn2nc(C)[nH]c12. The summed E-state index contributed by atoms with van der Waals surface area (Å²) < 4.78 is 2.92. The minimum Gasteiger partial charge on any atom is -0.324 e. The average Bonchev–Trinajstić information content (AvgIpc) is 3.23. The molecule has 0 saturated carbocycles. The Labute approximate surface area is 147 Å². The van der Waals surface area contributed by atoms with Gasteiger partial charge in [0.15, 0.2) is 23.0 Å². The van der Waals surface area contributed by atoms with E-state index in [1.807, 2.05) is 13.8 Å². The van der Waals surface area contributed by atoms with E-state index in [1.54, 1.807) is 25.5 Å². The summed E-state index contributed by atoms with van der Waals surface area (Å²) in [6.07, 6.45) is 4.65. The van der Waals surface area contributed by atoms with Crippen molar-refractivity contribution in [3.8, 4) is 5.82 Å². The third-order valence-electron chi connectivity index (χ3n) is 3.68. The highest BCUT2D eigenvalue weighted by Crippen LogP contribution is 2.35. The van der Waals surface area contributed by atoms with Crippen LogP contribution in [0.3, 0.4) is 0 Å². The van der Waals surface area contributed by atoms with E-state index < -0.39 is 0 Å². The molecule has 11 heteroatoms. The van der Waals surface area contributed by atoms with Crippen molar-refractivity contribution in [2.75, 3.05) is 0 Å². The first-order valence-corrected chi connectivity index (χ1v) is 7.66. The molecular weight excluding hydrogens is 334 g/mol. The minimum atomic E-state index is 0.285. The van der Waals surface area contributed by atoms with E-state index >= 15 is 0 Å². The maximum Gasteiger partial charge on any atom is 0.255 e. The molecule has 4 aromatic rings. The Hall–Kier alpha value is -3.94. The maximum atomic E-state index is 7.43. The van der Waals surface area contributed by atoms with Crippen molar-refractivity contribution in [3.05, 3.63) is 47.2 Å². The van der Waals surface area contributed by atoms with Crippen molar-refractivity contribution >= 4 is 22.8 Å². The first-order chi connectivity index (χ1) is 12.6. The van der Waals surface area contributed by atoms with Crippen molar-refractivity contribution in [2.45, 2.75) is 20.8 Å². The number of hydrogen-bond donors (Lipinski definition) is 1. The summed E-state index contributed by atoms with van der Waals surface area (Å²) in [6, 6.07) is 0. The second-order valence-electron chi connectivity index (χ2n) is 5.53. The molecule has 4 rings (SSSR count). The third kappa shape index (κ3) is 2.40. The Morgan fingerprint density at radius 2 is 1.92 bits per heavy atom. The highest BCUT2D eigenvalue weighted by molar-refractivity contribution is 5.69. The second kappa shape index (κ2) is 5.85. The number of hydrogen-bond acceptors (Lipinski definition) is 7. The molecule has 0 unspecified atom stereocenters. The molecule has 0 amide bonds. The Balaban J connectivity index is 1.86. The van der Waals surface area contributed by atoms with Crippen LogP contribution in [-0.4, -0.2) is 39.6 Å². The molecule has 0 aliphatic heterocycles. The van der Waals surface area contributed by atoms with Crippen LogP contribution in [0.5, 0.6) is 0 Å². The number of aromatic nitrogens is 8. The van der Waals surface area contributed by atoms with Crippen molar-refractivity contribution in [2.24, 2.45) is 10.2 Å². The van der Waals surface area contributed by atoms with Crippen LogP contribution in [0.15, 0.2) is 28.8 Å². The fourth-order valence-corrected chi connectivity index (χ4v) is 2.53. The van der Waals surface area contributed by atoms with Crippen LogP contribution in [0.4, 0.5) is 17.2 Å². The van der Waals surface area contributed by atoms with Crippen LogP contribution in [-0.2, 0) is 0 Å². The number of rotatable bonds is 3. The largest absolute Gasteiger partial charge is 0.324 e. The van der Waals surface area contributed by atoms with E-state index in [0.717, 1.165) is 0 Å². The maximum absolute atomic E-state index is 7.43. The molecule has 1 N–H and O–H groups in total. The molecule has 0 aromatic carbocycles. The molecule has 0 saturated heterocycles. The van der Waals surface area contributed by atoms with Crippen LogP contribution < -0.4 is 0 Å². The standard InChI is InChI=1S/C15H13N11/c1-8-12(16-4)15(25(22-8)11-7-17-5-6-18-11)21-20-13-9(2)23-26-14(13)19-10(3)24-26/h5-7H,1-3H3,(H,19,24)/b21-20+. The smallest absolute Gasteiger partial charge is 0.255 e. The average molecular weight is 347 g/mol. The van der Waals surface area contributed by atoms with E-state index in [4.69, 9.17) is 6.57 Å². The van der Waals surface area contributed by atoms with Crippen LogP contribution >= 0.6 is 0 Å². The monoisotopic (exact) mass is 347 g/mol. The lowest BCUT2D eigenvalue weighted by Gasteiger charge is -2.01. The number of nitrogens with zero attached hydrogens (tertiary/aromatic N) is 10. The third-order valence-corrected chi connectivity index (χ3v) is 3.68. The Bertz CT molecular complexity index is 1170. The van der Waals surface area contributed by atoms with Crippen LogP contribution in [0.1, 0.15) is 17.2 Å². The Morgan fingerprint density at radius 1 is 1.08 bits per heavy atom. The first-order valence-electron chi connectivity index (χ1n) is 7.66. The molecular formula is C15H13N11. The molecule has 11 nitrogen and oxygen atoms in total. The van der Waals surface area contributed by atoms with Crippen molar-refractivity contribution < 1.29 is 0 Å². The zero-order chi connectivity index (χ0) is 18.3. The Morgan fingerprint density at radius 3 is 2.65 bits per heavy atom. The number of nitrogens with one attached hydrogen (secondary N) is 1. The Kier molecular flexibility index (Phi) is 3.51. The van der Waals surface area contributed by atoms with Crippen molar-refractivity contribution in [1.82, 2.24) is 39.6 Å². The number of fused-ring (bicyclic) bond motifs is 1. The van der Waals surface area contributed by atoms with Gasteiger partial charge in [0.05, 0.1) is 24.2 Å². The summed E-state index contributed by atoms with van der Waals surface area (Å²) >= 11 is 0. The molecule has 4 heterocycles. The molecule has 0 radical (unpaired) electrons. The number of H-pyrrole nitrogens is 1. The highest BCUT2D eigenvalue weighted by Gasteiger charge is 2.19. The lowest BCUT2D eigenvalue weighted by Crippen LogP contribution is -1.99. The molecule has 0 fully saturated rings. The molecule has 4 aromatic heterocycles. The summed E-state index contributed by atoms with van der Waals surface area (Å²) in [6.45, 7) is 12.8. The van der Waals surface area contributed by atoms with Gasteiger partial charge >= 0.3 is 0 Å². The predicted octanol–water partition coefficient (Wildman–Crippen LogP) is 2.92. The lowest BCUT2D eigenvalue weighted by molar-refractivity contribution is 0.793. The van der Waals surface area contributed by atoms with Gasteiger partial charge < -0.3 is 4.98 Å². The van der Waals surface area contributed by atoms with Crippen molar-refractivity contribution in [1.29, 1.82) is 0 Å². The molecule has 0 aliphatic rings. The van der Waals surface area contributed by atoms with Crippen LogP contribution in [0, 0.1) is 27.3 Å². The fourth-order valence-electron chi connectivity index (χ4n) is 2.53. The summed E-state index contributed by atoms with van der Waals surface area (Å²) in [4.78, 5) is 14.9. The second-order valence-corrected chi connectivity index (χ2v) is 5.53. The first kappa shape index (κ1) is 15.6. The van der Waals surface area contributed by atoms with Crippen LogP contribution in [0.25, 0.3) is 16.3 Å². The molecule has 0 spiro atoms. The van der Waals surface area contributed by atoms with E-state index in [1.165, 1.54) is 9.31 Å². The summed E-state index contributed by atoms with van der Waals surface area (Å²) in [7, 11) is 0. The predicted molar refractivity (Wildman–Crippen MR) is 91.1 cm³/mol. The van der Waals surface area contributed by atoms with E-state index in [0.29, 0.717) is 40.1 Å². The van der Waals surface area contributed by atoms with E-state index in [-0.39, 0.29) is 5.82 Å². The van der Waals surface area contributed by atoms with Gasteiger partial charge in [-0.1, -0.05) is 0 Å². The minimum absolute atomic E-state index is 0.285. The zero-order valence-electron chi connectivity index (χ0n) is 14.2. The summed E-state index contributed by atoms with van der Waals surface area (Å²) in [5, 5.41) is 21.4. The molecule has 128 valence electrons. The van der Waals surface area contributed by atoms with E-state index in [9.17, 15) is 0 Å². The van der Waals surface area contributed by atoms with Gasteiger partial charge in [-0.2, -0.15) is 10.2 Å². The van der Waals surface area contributed by atoms with Gasteiger partial charge in [-0.15, -0.1) is 20.0 Å². The fraction of sp³-hybridized carbons (Fsp3) is 0.200. The lowest BCUT2D eigenvalue weighted by atomic mass is 10.4. The number of azo groups is 1. The molecule has 0 atom stereocenters.